The Morgan fingerprint density at radius 1 is 1.32 bits per heavy atom. The van der Waals surface area contributed by atoms with Gasteiger partial charge in [-0.05, 0) is 31.6 Å². The number of hydrogen-bond acceptors (Lipinski definition) is 4. The highest BCUT2D eigenvalue weighted by Gasteiger charge is 2.10. The molecule has 0 radical (unpaired) electrons. The predicted octanol–water partition coefficient (Wildman–Crippen LogP) is 3.99. The van der Waals surface area contributed by atoms with Gasteiger partial charge in [-0.15, -0.1) is 0 Å². The molecular formula is C15H26N4. The lowest BCUT2D eigenvalue weighted by molar-refractivity contribution is 0.489. The summed E-state index contributed by atoms with van der Waals surface area (Å²) in [5.41, 5.74) is 1.79. The van der Waals surface area contributed by atoms with Gasteiger partial charge >= 0.3 is 0 Å². The summed E-state index contributed by atoms with van der Waals surface area (Å²) in [6, 6.07) is 0. The smallest absolute Gasteiger partial charge is 0.155 e. The van der Waals surface area contributed by atoms with Crippen LogP contribution in [0.3, 0.4) is 0 Å². The van der Waals surface area contributed by atoms with Crippen LogP contribution in [0.1, 0.15) is 46.2 Å². The Hall–Kier alpha value is -1.45. The number of aromatic nitrogens is 2. The average Bonchev–Trinajstić information content (AvgIpc) is 2.38. The lowest BCUT2D eigenvalue weighted by atomic mass is 9.95. The van der Waals surface area contributed by atoms with Gasteiger partial charge in [-0.25, -0.2) is 9.97 Å². The summed E-state index contributed by atoms with van der Waals surface area (Å²) >= 11 is 0. The molecule has 106 valence electrons. The molecule has 0 bridgehead atoms. The van der Waals surface area contributed by atoms with Gasteiger partial charge < -0.3 is 5.32 Å². The van der Waals surface area contributed by atoms with Crippen molar-refractivity contribution in [2.45, 2.75) is 47.5 Å². The maximum Gasteiger partial charge on any atom is 0.155 e. The number of aryl methyl sites for hydroxylation is 1. The molecule has 1 rings (SSSR count). The summed E-state index contributed by atoms with van der Waals surface area (Å²) in [5.74, 6) is 1.94. The molecule has 0 aliphatic rings. The molecule has 0 aliphatic heterocycles. The van der Waals surface area contributed by atoms with Crippen LogP contribution in [0, 0.1) is 18.8 Å². The maximum atomic E-state index is 4.64. The number of aliphatic imine (C=N–C) groups is 1. The predicted molar refractivity (Wildman–Crippen MR) is 82.3 cm³/mol. The molecule has 0 amide bonds. The van der Waals surface area contributed by atoms with E-state index in [1.807, 2.05) is 13.1 Å². The molecule has 1 atom stereocenters. The fourth-order valence-corrected chi connectivity index (χ4v) is 1.91. The molecule has 1 aromatic rings. The van der Waals surface area contributed by atoms with Gasteiger partial charge in [-0.2, -0.15) is 0 Å². The molecule has 19 heavy (non-hydrogen) atoms. The molecule has 0 spiro atoms. The first-order chi connectivity index (χ1) is 9.10. The Kier molecular flexibility index (Phi) is 6.46. The summed E-state index contributed by atoms with van der Waals surface area (Å²) < 4.78 is 0. The Bertz CT molecular complexity index is 413. The summed E-state index contributed by atoms with van der Waals surface area (Å²) in [5, 5.41) is 3.31. The van der Waals surface area contributed by atoms with E-state index < -0.39 is 0 Å². The van der Waals surface area contributed by atoms with Gasteiger partial charge in [0.2, 0.25) is 0 Å². The highest BCUT2D eigenvalue weighted by atomic mass is 15.0. The van der Waals surface area contributed by atoms with Crippen LogP contribution in [-0.4, -0.2) is 22.7 Å². The van der Waals surface area contributed by atoms with Crippen molar-refractivity contribution in [3.05, 3.63) is 12.0 Å². The number of nitrogens with zero attached hydrogens (tertiary/aromatic N) is 3. The Labute approximate surface area is 116 Å². The molecule has 1 unspecified atom stereocenters. The third kappa shape index (κ3) is 4.62. The van der Waals surface area contributed by atoms with Crippen LogP contribution < -0.4 is 5.32 Å². The minimum atomic E-state index is 0.499. The average molecular weight is 262 g/mol. The minimum absolute atomic E-state index is 0.499. The van der Waals surface area contributed by atoms with Gasteiger partial charge in [0.05, 0.1) is 5.69 Å². The van der Waals surface area contributed by atoms with E-state index in [9.17, 15) is 0 Å². The lowest BCUT2D eigenvalue weighted by Crippen LogP contribution is -2.09. The molecule has 0 saturated heterocycles. The van der Waals surface area contributed by atoms with Crippen molar-refractivity contribution in [1.29, 1.82) is 0 Å². The molecule has 0 fully saturated rings. The first-order valence-electron chi connectivity index (χ1n) is 7.19. The highest BCUT2D eigenvalue weighted by Crippen LogP contribution is 2.25. The number of rotatable bonds is 7. The van der Waals surface area contributed by atoms with E-state index in [0.29, 0.717) is 11.8 Å². The van der Waals surface area contributed by atoms with Crippen molar-refractivity contribution in [2.24, 2.45) is 16.8 Å². The van der Waals surface area contributed by atoms with E-state index in [0.717, 1.165) is 36.6 Å². The zero-order chi connectivity index (χ0) is 14.3. The topological polar surface area (TPSA) is 50.2 Å². The van der Waals surface area contributed by atoms with E-state index >= 15 is 0 Å². The standard InChI is InChI=1S/C15H26N4/c1-6-8-16-15-14(12(5)18-10-19-15)17-9-13(7-2)11(3)4/h9-11,13H,6-8H2,1-5H3,(H,16,18,19). The monoisotopic (exact) mass is 262 g/mol. The van der Waals surface area contributed by atoms with E-state index in [1.54, 1.807) is 6.33 Å². The SMILES string of the molecule is CCCNc1ncnc(C)c1N=CC(CC)C(C)C. The van der Waals surface area contributed by atoms with Crippen LogP contribution in [0.5, 0.6) is 0 Å². The van der Waals surface area contributed by atoms with Crippen molar-refractivity contribution in [3.8, 4) is 0 Å². The molecule has 4 nitrogen and oxygen atoms in total. The lowest BCUT2D eigenvalue weighted by Gasteiger charge is -2.14. The van der Waals surface area contributed by atoms with Gasteiger partial charge in [-0.3, -0.25) is 4.99 Å². The summed E-state index contributed by atoms with van der Waals surface area (Å²) in [6.45, 7) is 11.7. The van der Waals surface area contributed by atoms with E-state index in [1.165, 1.54) is 0 Å². The summed E-state index contributed by atoms with van der Waals surface area (Å²) in [7, 11) is 0. The number of nitrogens with one attached hydrogen (secondary N) is 1. The van der Waals surface area contributed by atoms with Gasteiger partial charge in [0.1, 0.15) is 12.0 Å². The normalized spacial score (nSPS) is 13.2. The van der Waals surface area contributed by atoms with Crippen LogP contribution >= 0.6 is 0 Å². The fourth-order valence-electron chi connectivity index (χ4n) is 1.91. The molecule has 1 heterocycles. The second-order valence-corrected chi connectivity index (χ2v) is 5.18. The van der Waals surface area contributed by atoms with Crippen LogP contribution in [0.25, 0.3) is 0 Å². The summed E-state index contributed by atoms with van der Waals surface area (Å²) in [4.78, 5) is 13.2. The van der Waals surface area contributed by atoms with Crippen LogP contribution in [0.4, 0.5) is 11.5 Å². The van der Waals surface area contributed by atoms with Crippen molar-refractivity contribution in [3.63, 3.8) is 0 Å². The fraction of sp³-hybridized carbons (Fsp3) is 0.667. The molecular weight excluding hydrogens is 236 g/mol. The van der Waals surface area contributed by atoms with Crippen LogP contribution in [0.2, 0.25) is 0 Å². The van der Waals surface area contributed by atoms with Gasteiger partial charge in [-0.1, -0.05) is 27.7 Å². The highest BCUT2D eigenvalue weighted by molar-refractivity contribution is 5.72. The maximum absolute atomic E-state index is 4.64. The first kappa shape index (κ1) is 15.6. The van der Waals surface area contributed by atoms with Crippen LogP contribution in [-0.2, 0) is 0 Å². The van der Waals surface area contributed by atoms with Gasteiger partial charge in [0, 0.05) is 12.8 Å². The van der Waals surface area contributed by atoms with Crippen LogP contribution in [0.15, 0.2) is 11.3 Å². The molecule has 0 aliphatic carbocycles. The Morgan fingerprint density at radius 3 is 2.63 bits per heavy atom. The quantitative estimate of drug-likeness (QED) is 0.756. The molecule has 4 heteroatoms. The van der Waals surface area contributed by atoms with E-state index in [2.05, 4.69) is 48.0 Å². The van der Waals surface area contributed by atoms with Crippen molar-refractivity contribution >= 4 is 17.7 Å². The second-order valence-electron chi connectivity index (χ2n) is 5.18. The second kappa shape index (κ2) is 7.87. The van der Waals surface area contributed by atoms with Gasteiger partial charge in [0.15, 0.2) is 5.82 Å². The molecule has 0 saturated carbocycles. The first-order valence-corrected chi connectivity index (χ1v) is 7.19. The third-order valence-electron chi connectivity index (χ3n) is 3.27. The molecule has 1 aromatic heterocycles. The van der Waals surface area contributed by atoms with Crippen molar-refractivity contribution in [2.75, 3.05) is 11.9 Å². The number of hydrogen-bond donors (Lipinski definition) is 1. The van der Waals surface area contributed by atoms with E-state index in [4.69, 9.17) is 0 Å². The zero-order valence-electron chi connectivity index (χ0n) is 12.8. The van der Waals surface area contributed by atoms with Crippen molar-refractivity contribution < 1.29 is 0 Å². The van der Waals surface area contributed by atoms with Gasteiger partial charge in [0.25, 0.3) is 0 Å². The zero-order valence-corrected chi connectivity index (χ0v) is 12.8. The third-order valence-corrected chi connectivity index (χ3v) is 3.27. The molecule has 1 N–H and O–H groups in total. The van der Waals surface area contributed by atoms with Crippen molar-refractivity contribution in [1.82, 2.24) is 9.97 Å². The largest absolute Gasteiger partial charge is 0.368 e. The molecule has 0 aromatic carbocycles. The Morgan fingerprint density at radius 2 is 2.05 bits per heavy atom. The summed E-state index contributed by atoms with van der Waals surface area (Å²) in [6.07, 6.45) is 5.81. The Balaban J connectivity index is 2.94. The number of anilines is 1. The van der Waals surface area contributed by atoms with E-state index in [-0.39, 0.29) is 0 Å². The minimum Gasteiger partial charge on any atom is -0.368 e.